The maximum absolute atomic E-state index is 12.4. The maximum atomic E-state index is 12.4. The third kappa shape index (κ3) is 7.34. The molecule has 0 saturated carbocycles. The quantitative estimate of drug-likeness (QED) is 0.183. The second-order valence-electron chi connectivity index (χ2n) is 10.1. The van der Waals surface area contributed by atoms with Gasteiger partial charge in [0.25, 0.3) is 0 Å². The van der Waals surface area contributed by atoms with E-state index in [9.17, 15) is 13.2 Å². The highest BCUT2D eigenvalue weighted by Crippen LogP contribution is 2.28. The van der Waals surface area contributed by atoms with E-state index in [2.05, 4.69) is 50.0 Å². The van der Waals surface area contributed by atoms with Gasteiger partial charge in [0, 0.05) is 29.2 Å². The Labute approximate surface area is 261 Å². The van der Waals surface area contributed by atoms with Crippen molar-refractivity contribution in [2.75, 3.05) is 7.11 Å². The number of aryl methyl sites for hydroxylation is 1. The number of ether oxygens (including phenoxy) is 2. The monoisotopic (exact) mass is 638 g/mol. The van der Waals surface area contributed by atoms with Crippen LogP contribution in [0.25, 0.3) is 22.8 Å². The highest BCUT2D eigenvalue weighted by Gasteiger charge is 2.31. The first-order valence-corrected chi connectivity index (χ1v) is 14.8. The number of hydrogen-bond acceptors (Lipinski definition) is 6. The minimum absolute atomic E-state index is 0.306. The summed E-state index contributed by atoms with van der Waals surface area (Å²) >= 11 is 7.10. The molecule has 0 amide bonds. The summed E-state index contributed by atoms with van der Waals surface area (Å²) in [6.45, 7) is 6.82. The molecule has 0 spiro atoms. The van der Waals surface area contributed by atoms with Crippen LogP contribution in [0.15, 0.2) is 83.4 Å². The molecule has 1 N–H and O–H groups in total. The molecule has 0 unspecified atom stereocenters. The van der Waals surface area contributed by atoms with Crippen LogP contribution in [0.1, 0.15) is 36.6 Å². The predicted molar refractivity (Wildman–Crippen MR) is 168 cm³/mol. The second kappa shape index (κ2) is 13.0. The smallest absolute Gasteiger partial charge is 0.497 e. The minimum atomic E-state index is -4.75. The molecule has 44 heavy (non-hydrogen) atoms. The second-order valence-corrected chi connectivity index (χ2v) is 11.3. The van der Waals surface area contributed by atoms with Crippen LogP contribution in [0.3, 0.4) is 0 Å². The Morgan fingerprint density at radius 2 is 1.75 bits per heavy atom. The van der Waals surface area contributed by atoms with E-state index in [1.165, 1.54) is 52.2 Å². The van der Waals surface area contributed by atoms with Crippen molar-refractivity contribution in [3.8, 4) is 34.3 Å². The van der Waals surface area contributed by atoms with Gasteiger partial charge < -0.3 is 14.8 Å². The average molecular weight is 639 g/mol. The van der Waals surface area contributed by atoms with E-state index in [1.54, 1.807) is 7.11 Å². The van der Waals surface area contributed by atoms with Crippen LogP contribution in [0.5, 0.6) is 11.5 Å². The van der Waals surface area contributed by atoms with Crippen LogP contribution < -0.4 is 19.6 Å². The van der Waals surface area contributed by atoms with E-state index < -0.39 is 6.36 Å². The van der Waals surface area contributed by atoms with E-state index in [0.29, 0.717) is 29.1 Å². The van der Waals surface area contributed by atoms with Gasteiger partial charge in [-0.05, 0) is 66.5 Å². The SMILES string of the molecule is COc1ccc(C(C)C)c(-n2c(C)cs/c2=N\C(=S)NCc2ccc(-c3ncn(-c4ccc(OC(F)(F)F)cc4)n3)cc2)c1. The third-order valence-corrected chi connectivity index (χ3v) is 7.84. The average Bonchev–Trinajstić information content (AvgIpc) is 3.62. The van der Waals surface area contributed by atoms with Gasteiger partial charge in [0.05, 0.1) is 18.5 Å². The molecule has 0 radical (unpaired) electrons. The fraction of sp³-hybridized carbons (Fsp3) is 0.226. The molecule has 3 aromatic carbocycles. The van der Waals surface area contributed by atoms with E-state index in [0.717, 1.165) is 33.1 Å². The molecule has 8 nitrogen and oxygen atoms in total. The van der Waals surface area contributed by atoms with Crippen molar-refractivity contribution >= 4 is 28.7 Å². The first-order valence-electron chi connectivity index (χ1n) is 13.6. The largest absolute Gasteiger partial charge is 0.573 e. The number of halogens is 3. The molecule has 5 aromatic rings. The standard InChI is InChI=1S/C31H29F3N6O2S2/c1-19(2)26-14-13-25(41-4)15-27(26)40-20(3)17-44-30(40)37-29(43)35-16-21-5-7-22(8-6-21)28-36-18-39(38-28)23-9-11-24(12-10-23)42-31(32,33)34/h5-15,17-19H,16H2,1-4H3,(H,35,43)/b37-30-. The van der Waals surface area contributed by atoms with Gasteiger partial charge in [-0.2, -0.15) is 4.99 Å². The fourth-order valence-corrected chi connectivity index (χ4v) is 5.58. The van der Waals surface area contributed by atoms with Crippen molar-refractivity contribution in [3.63, 3.8) is 0 Å². The summed E-state index contributed by atoms with van der Waals surface area (Å²) in [7, 11) is 1.65. The Hall–Kier alpha value is -4.49. The van der Waals surface area contributed by atoms with Gasteiger partial charge in [-0.25, -0.2) is 9.67 Å². The zero-order valence-corrected chi connectivity index (χ0v) is 25.9. The summed E-state index contributed by atoms with van der Waals surface area (Å²) in [6, 6.07) is 19.1. The molecule has 0 bridgehead atoms. The van der Waals surface area contributed by atoms with Crippen LogP contribution >= 0.6 is 23.6 Å². The van der Waals surface area contributed by atoms with Crippen molar-refractivity contribution in [1.29, 1.82) is 0 Å². The lowest BCUT2D eigenvalue weighted by Gasteiger charge is -2.16. The Morgan fingerprint density at radius 3 is 2.41 bits per heavy atom. The van der Waals surface area contributed by atoms with Crippen molar-refractivity contribution < 1.29 is 22.6 Å². The van der Waals surface area contributed by atoms with Gasteiger partial charge in [-0.3, -0.25) is 4.57 Å². The van der Waals surface area contributed by atoms with Crippen LogP contribution in [-0.2, 0) is 6.54 Å². The molecule has 13 heteroatoms. The molecule has 2 heterocycles. The van der Waals surface area contributed by atoms with Gasteiger partial charge in [-0.15, -0.1) is 29.6 Å². The topological polar surface area (TPSA) is 78.5 Å². The van der Waals surface area contributed by atoms with Gasteiger partial charge in [0.15, 0.2) is 15.7 Å². The summed E-state index contributed by atoms with van der Waals surface area (Å²) in [5, 5.41) is 10.1. The Kier molecular flexibility index (Phi) is 9.16. The molecular formula is C31H29F3N6O2S2. The molecule has 0 saturated heterocycles. The first kappa shape index (κ1) is 31.0. The molecule has 0 atom stereocenters. The minimum Gasteiger partial charge on any atom is -0.497 e. The maximum Gasteiger partial charge on any atom is 0.573 e. The van der Waals surface area contributed by atoms with E-state index in [-0.39, 0.29) is 5.75 Å². The zero-order valence-electron chi connectivity index (χ0n) is 24.3. The summed E-state index contributed by atoms with van der Waals surface area (Å²) in [5.41, 5.74) is 5.55. The van der Waals surface area contributed by atoms with Gasteiger partial charge >= 0.3 is 6.36 Å². The lowest BCUT2D eigenvalue weighted by molar-refractivity contribution is -0.274. The Morgan fingerprint density at radius 1 is 1.05 bits per heavy atom. The van der Waals surface area contributed by atoms with E-state index in [4.69, 9.17) is 21.9 Å². The number of thiazole rings is 1. The van der Waals surface area contributed by atoms with Crippen molar-refractivity contribution in [1.82, 2.24) is 24.6 Å². The zero-order chi connectivity index (χ0) is 31.4. The van der Waals surface area contributed by atoms with Gasteiger partial charge in [-0.1, -0.05) is 44.2 Å². The highest BCUT2D eigenvalue weighted by atomic mass is 32.1. The molecule has 2 aromatic heterocycles. The van der Waals surface area contributed by atoms with Gasteiger partial charge in [0.2, 0.25) is 0 Å². The number of alkyl halides is 3. The molecule has 0 fully saturated rings. The number of rotatable bonds is 8. The number of aromatic nitrogens is 4. The van der Waals surface area contributed by atoms with Crippen LogP contribution in [0, 0.1) is 6.92 Å². The molecule has 5 rings (SSSR count). The lowest BCUT2D eigenvalue weighted by atomic mass is 10.0. The number of methoxy groups -OCH3 is 1. The van der Waals surface area contributed by atoms with Crippen LogP contribution in [-0.4, -0.2) is 37.9 Å². The van der Waals surface area contributed by atoms with Crippen LogP contribution in [0.4, 0.5) is 13.2 Å². The number of nitrogens with one attached hydrogen (secondary N) is 1. The van der Waals surface area contributed by atoms with Crippen LogP contribution in [0.2, 0.25) is 0 Å². The fourth-order valence-electron chi connectivity index (χ4n) is 4.49. The normalized spacial score (nSPS) is 12.0. The summed E-state index contributed by atoms with van der Waals surface area (Å²) in [5.74, 6) is 1.25. The summed E-state index contributed by atoms with van der Waals surface area (Å²) < 4.78 is 50.3. The molecule has 0 aliphatic rings. The van der Waals surface area contributed by atoms with E-state index in [1.807, 2.05) is 43.3 Å². The number of thiocarbonyl (C=S) groups is 1. The number of hydrogen-bond donors (Lipinski definition) is 1. The van der Waals surface area contributed by atoms with Crippen molar-refractivity contribution in [3.05, 3.63) is 100 Å². The highest BCUT2D eigenvalue weighted by molar-refractivity contribution is 7.80. The van der Waals surface area contributed by atoms with E-state index >= 15 is 0 Å². The molecule has 0 aliphatic carbocycles. The number of nitrogens with zero attached hydrogens (tertiary/aromatic N) is 5. The molecular weight excluding hydrogens is 610 g/mol. The lowest BCUT2D eigenvalue weighted by Crippen LogP contribution is -2.24. The molecule has 228 valence electrons. The first-order chi connectivity index (χ1) is 21.0. The summed E-state index contributed by atoms with van der Waals surface area (Å²) in [4.78, 5) is 9.82. The van der Waals surface area contributed by atoms with Crippen molar-refractivity contribution in [2.45, 2.75) is 39.6 Å². The Bertz CT molecular complexity index is 1820. The van der Waals surface area contributed by atoms with Gasteiger partial charge in [0.1, 0.15) is 17.8 Å². The predicted octanol–water partition coefficient (Wildman–Crippen LogP) is 7.10. The number of benzene rings is 3. The Balaban J connectivity index is 1.26. The molecule has 0 aliphatic heterocycles. The third-order valence-electron chi connectivity index (χ3n) is 6.66. The van der Waals surface area contributed by atoms with Crippen molar-refractivity contribution in [2.24, 2.45) is 4.99 Å². The summed E-state index contributed by atoms with van der Waals surface area (Å²) in [6.07, 6.45) is -3.25.